The first-order valence-corrected chi connectivity index (χ1v) is 6.19. The first-order valence-electron chi connectivity index (χ1n) is 3.69. The van der Waals surface area contributed by atoms with Crippen molar-refractivity contribution in [3.05, 3.63) is 29.1 Å². The summed E-state index contributed by atoms with van der Waals surface area (Å²) < 4.78 is 63.7. The Morgan fingerprint density at radius 2 is 0.929 bits per heavy atom. The third-order valence-corrected chi connectivity index (χ3v) is 3.15. The van der Waals surface area contributed by atoms with Gasteiger partial charge in [0.15, 0.2) is 16.8 Å². The van der Waals surface area contributed by atoms with E-state index in [9.17, 15) is 22.0 Å². The molecule has 0 N–H and O–H groups in total. The first kappa shape index (κ1) is 11.2. The summed E-state index contributed by atoms with van der Waals surface area (Å²) in [5.74, 6) is -9.26. The summed E-state index contributed by atoms with van der Waals surface area (Å²) in [6.07, 6.45) is 0. The highest BCUT2D eigenvalue weighted by molar-refractivity contribution is 6.70. The molecule has 14 heavy (non-hydrogen) atoms. The van der Waals surface area contributed by atoms with Gasteiger partial charge in [-0.2, -0.15) is 0 Å². The lowest BCUT2D eigenvalue weighted by atomic mass is 10.3. The number of halogens is 5. The molecule has 0 aromatic heterocycles. The van der Waals surface area contributed by atoms with Gasteiger partial charge in [0.1, 0.15) is 0 Å². The molecule has 0 amide bonds. The van der Waals surface area contributed by atoms with Crippen molar-refractivity contribution in [2.24, 2.45) is 0 Å². The number of hydrogen-bond donors (Lipinski definition) is 0. The van der Waals surface area contributed by atoms with E-state index in [-0.39, 0.29) is 0 Å². The molecule has 1 aromatic carbocycles. The molecule has 0 radical (unpaired) electrons. The maximum Gasteiger partial charge on any atom is 0.352 e. The summed E-state index contributed by atoms with van der Waals surface area (Å²) in [4.78, 5) is 0. The highest BCUT2D eigenvalue weighted by Gasteiger charge is 2.34. The number of hydrogen-bond acceptors (Lipinski definition) is 0. The van der Waals surface area contributed by atoms with Gasteiger partial charge < -0.3 is 0 Å². The molecule has 0 aliphatic heterocycles. The van der Waals surface area contributed by atoms with Crippen LogP contribution in [0, 0.1) is 29.1 Å². The molecule has 0 unspecified atom stereocenters. The van der Waals surface area contributed by atoms with Crippen LogP contribution >= 0.6 is 0 Å². The summed E-state index contributed by atoms with van der Waals surface area (Å²) >= 11 is 0. The fraction of sp³-hybridized carbons (Fsp3) is 0.250. The lowest BCUT2D eigenvalue weighted by molar-refractivity contribution is 0.384. The Kier molecular flexibility index (Phi) is 2.94. The molecule has 0 spiro atoms. The smallest absolute Gasteiger partial charge is 0.200 e. The Bertz CT molecular complexity index is 345. The molecule has 0 atom stereocenters. The van der Waals surface area contributed by atoms with E-state index in [2.05, 4.69) is 0 Å². The van der Waals surface area contributed by atoms with Crippen molar-refractivity contribution >= 4 is 14.0 Å². The molecule has 0 bridgehead atoms. The SMILES string of the molecule is C[Si+](C)c1c(F)c(F)c(F)c(F)c1F. The molecule has 0 fully saturated rings. The van der Waals surface area contributed by atoms with E-state index in [1.54, 1.807) is 0 Å². The normalized spacial score (nSPS) is 10.5. The summed E-state index contributed by atoms with van der Waals surface area (Å²) in [7, 11) is -1.73. The highest BCUT2D eigenvalue weighted by Crippen LogP contribution is 2.16. The minimum Gasteiger partial charge on any atom is -0.200 e. The van der Waals surface area contributed by atoms with Crippen molar-refractivity contribution in [1.82, 2.24) is 0 Å². The molecule has 1 aromatic rings. The molecule has 0 saturated heterocycles. The number of benzene rings is 1. The summed E-state index contributed by atoms with van der Waals surface area (Å²) in [5, 5.41) is -0.675. The Morgan fingerprint density at radius 3 is 1.21 bits per heavy atom. The van der Waals surface area contributed by atoms with Gasteiger partial charge in [-0.05, 0) is 0 Å². The Balaban J connectivity index is 3.60. The monoisotopic (exact) mass is 225 g/mol. The zero-order valence-corrected chi connectivity index (χ0v) is 8.39. The van der Waals surface area contributed by atoms with E-state index < -0.39 is 43.1 Å². The number of rotatable bonds is 1. The predicted molar refractivity (Wildman–Crippen MR) is 43.3 cm³/mol. The summed E-state index contributed by atoms with van der Waals surface area (Å²) in [6, 6.07) is 0. The van der Waals surface area contributed by atoms with Gasteiger partial charge in [0.25, 0.3) is 0 Å². The second kappa shape index (κ2) is 3.68. The lowest BCUT2D eigenvalue weighted by Crippen LogP contribution is -2.33. The van der Waals surface area contributed by atoms with Crippen LogP contribution in [-0.2, 0) is 0 Å². The van der Waals surface area contributed by atoms with Crippen LogP contribution in [0.5, 0.6) is 0 Å². The van der Waals surface area contributed by atoms with Gasteiger partial charge in [0, 0.05) is 0 Å². The zero-order valence-electron chi connectivity index (χ0n) is 7.39. The second-order valence-electron chi connectivity index (χ2n) is 2.94. The minimum absolute atomic E-state index is 0.675. The molecule has 76 valence electrons. The van der Waals surface area contributed by atoms with Gasteiger partial charge in [0.05, 0.1) is 13.1 Å². The first-order chi connectivity index (χ1) is 6.37. The van der Waals surface area contributed by atoms with E-state index in [1.165, 1.54) is 13.1 Å². The molecule has 0 aliphatic carbocycles. The molecular weight excluding hydrogens is 219 g/mol. The molecular formula is C8H6F5Si+. The van der Waals surface area contributed by atoms with Crippen molar-refractivity contribution in [2.75, 3.05) is 0 Å². The third-order valence-electron chi connectivity index (χ3n) is 1.71. The maximum atomic E-state index is 13.0. The van der Waals surface area contributed by atoms with Gasteiger partial charge in [-0.3, -0.25) is 0 Å². The quantitative estimate of drug-likeness (QED) is 0.298. The molecule has 0 heterocycles. The Labute approximate surface area is 79.0 Å². The molecule has 0 saturated carbocycles. The topological polar surface area (TPSA) is 0 Å². The van der Waals surface area contributed by atoms with Gasteiger partial charge in [-0.1, -0.05) is 0 Å². The van der Waals surface area contributed by atoms with Gasteiger partial charge in [-0.15, -0.1) is 0 Å². The molecule has 0 aliphatic rings. The highest BCUT2D eigenvalue weighted by atomic mass is 28.3. The third kappa shape index (κ3) is 1.54. The largest absolute Gasteiger partial charge is 0.352 e. The van der Waals surface area contributed by atoms with Crippen LogP contribution in [0.3, 0.4) is 0 Å². The van der Waals surface area contributed by atoms with Crippen LogP contribution in [-0.4, -0.2) is 8.80 Å². The van der Waals surface area contributed by atoms with Crippen molar-refractivity contribution < 1.29 is 22.0 Å². The average Bonchev–Trinajstić information content (AvgIpc) is 2.11. The van der Waals surface area contributed by atoms with Crippen LogP contribution in [0.4, 0.5) is 22.0 Å². The average molecular weight is 225 g/mol. The Morgan fingerprint density at radius 1 is 0.643 bits per heavy atom. The van der Waals surface area contributed by atoms with Crippen molar-refractivity contribution in [2.45, 2.75) is 13.1 Å². The minimum atomic E-state index is -2.10. The van der Waals surface area contributed by atoms with Crippen LogP contribution in [0.15, 0.2) is 0 Å². The van der Waals surface area contributed by atoms with Gasteiger partial charge in [0.2, 0.25) is 17.5 Å². The van der Waals surface area contributed by atoms with E-state index in [4.69, 9.17) is 0 Å². The molecule has 6 heteroatoms. The van der Waals surface area contributed by atoms with Crippen LogP contribution < -0.4 is 5.19 Å². The summed E-state index contributed by atoms with van der Waals surface area (Å²) in [6.45, 7) is 2.89. The van der Waals surface area contributed by atoms with E-state index in [0.717, 1.165) is 0 Å². The molecule has 0 nitrogen and oxygen atoms in total. The van der Waals surface area contributed by atoms with E-state index >= 15 is 0 Å². The van der Waals surface area contributed by atoms with Crippen molar-refractivity contribution in [1.29, 1.82) is 0 Å². The predicted octanol–water partition coefficient (Wildman–Crippen LogP) is 2.34. The standard InChI is InChI=1S/C8H6F5Si/c1-14(2)8-6(12)4(10)3(9)5(11)7(8)13/h1-2H3/q+1. The molecule has 1 rings (SSSR count). The van der Waals surface area contributed by atoms with Crippen molar-refractivity contribution in [3.8, 4) is 0 Å². The van der Waals surface area contributed by atoms with Gasteiger partial charge in [-0.25, -0.2) is 22.0 Å². The maximum absolute atomic E-state index is 13.0. The van der Waals surface area contributed by atoms with E-state index in [1.807, 2.05) is 0 Å². The zero-order chi connectivity index (χ0) is 11.0. The Hall–Kier alpha value is -0.913. The van der Waals surface area contributed by atoms with Crippen LogP contribution in [0.2, 0.25) is 13.1 Å². The lowest BCUT2D eigenvalue weighted by Gasteiger charge is -2.02. The van der Waals surface area contributed by atoms with E-state index in [0.29, 0.717) is 0 Å². The second-order valence-corrected chi connectivity index (χ2v) is 5.44. The van der Waals surface area contributed by atoms with Gasteiger partial charge >= 0.3 is 8.80 Å². The van der Waals surface area contributed by atoms with Crippen LogP contribution in [0.1, 0.15) is 0 Å². The fourth-order valence-electron chi connectivity index (χ4n) is 1.04. The van der Waals surface area contributed by atoms with Crippen molar-refractivity contribution in [3.63, 3.8) is 0 Å². The fourth-order valence-corrected chi connectivity index (χ4v) is 2.14. The summed E-state index contributed by atoms with van der Waals surface area (Å²) in [5.41, 5.74) is 0. The van der Waals surface area contributed by atoms with Crippen LogP contribution in [0.25, 0.3) is 0 Å².